The van der Waals surface area contributed by atoms with Crippen molar-refractivity contribution in [1.82, 2.24) is 4.90 Å². The number of nitrogens with zero attached hydrogens (tertiary/aromatic N) is 1. The van der Waals surface area contributed by atoms with Crippen LogP contribution >= 0.6 is 0 Å². The predicted octanol–water partition coefficient (Wildman–Crippen LogP) is 1.54. The van der Waals surface area contributed by atoms with Crippen molar-refractivity contribution in [2.24, 2.45) is 5.92 Å². The first-order valence-corrected chi connectivity index (χ1v) is 5.32. The molecule has 0 spiro atoms. The average Bonchev–Trinajstić information content (AvgIpc) is 2.19. The van der Waals surface area contributed by atoms with E-state index in [4.69, 9.17) is 10.2 Å². The Bertz CT molecular complexity index is 184. The summed E-state index contributed by atoms with van der Waals surface area (Å²) in [6, 6.07) is 0. The fourth-order valence-electron chi connectivity index (χ4n) is 2.02. The van der Waals surface area contributed by atoms with E-state index in [0.29, 0.717) is 19.0 Å². The SMILES string of the molecule is O=C(O)N1CCC[C@@H](CCCCO)C1. The topological polar surface area (TPSA) is 60.8 Å². The molecule has 1 fully saturated rings. The Kier molecular flexibility index (Phi) is 4.73. The van der Waals surface area contributed by atoms with Crippen molar-refractivity contribution in [2.45, 2.75) is 32.1 Å². The summed E-state index contributed by atoms with van der Waals surface area (Å²) in [5.74, 6) is 0.506. The van der Waals surface area contributed by atoms with E-state index in [1.165, 1.54) is 4.90 Å². The first kappa shape index (κ1) is 11.3. The highest BCUT2D eigenvalue weighted by Crippen LogP contribution is 2.21. The highest BCUT2D eigenvalue weighted by molar-refractivity contribution is 5.65. The predicted molar refractivity (Wildman–Crippen MR) is 53.3 cm³/mol. The Hall–Kier alpha value is -0.770. The maximum atomic E-state index is 10.7. The van der Waals surface area contributed by atoms with E-state index in [1.54, 1.807) is 0 Å². The molecule has 1 amide bonds. The van der Waals surface area contributed by atoms with Crippen LogP contribution in [0, 0.1) is 5.92 Å². The number of piperidine rings is 1. The van der Waals surface area contributed by atoms with Gasteiger partial charge in [-0.05, 0) is 31.6 Å². The van der Waals surface area contributed by atoms with Crippen LogP contribution in [0.5, 0.6) is 0 Å². The first-order chi connectivity index (χ1) is 6.74. The highest BCUT2D eigenvalue weighted by Gasteiger charge is 2.22. The van der Waals surface area contributed by atoms with Crippen molar-refractivity contribution in [3.05, 3.63) is 0 Å². The zero-order chi connectivity index (χ0) is 10.4. The third kappa shape index (κ3) is 3.54. The summed E-state index contributed by atoms with van der Waals surface area (Å²) in [7, 11) is 0. The quantitative estimate of drug-likeness (QED) is 0.678. The number of likely N-dealkylation sites (tertiary alicyclic amines) is 1. The number of carboxylic acid groups (broad SMARTS) is 1. The lowest BCUT2D eigenvalue weighted by atomic mass is 9.93. The molecule has 0 aliphatic carbocycles. The van der Waals surface area contributed by atoms with Gasteiger partial charge in [-0.25, -0.2) is 4.79 Å². The number of carbonyl (C=O) groups is 1. The molecule has 1 atom stereocenters. The molecule has 1 saturated heterocycles. The van der Waals surface area contributed by atoms with Crippen LogP contribution in [0.1, 0.15) is 32.1 Å². The van der Waals surface area contributed by atoms with Crippen molar-refractivity contribution < 1.29 is 15.0 Å². The lowest BCUT2D eigenvalue weighted by Gasteiger charge is -2.30. The molecule has 0 aromatic rings. The van der Waals surface area contributed by atoms with Crippen molar-refractivity contribution >= 4 is 6.09 Å². The summed E-state index contributed by atoms with van der Waals surface area (Å²) in [6.45, 7) is 1.61. The molecule has 0 bridgehead atoms. The van der Waals surface area contributed by atoms with Crippen LogP contribution in [-0.2, 0) is 0 Å². The third-order valence-electron chi connectivity index (χ3n) is 2.81. The maximum absolute atomic E-state index is 10.7. The lowest BCUT2D eigenvalue weighted by molar-refractivity contribution is 0.117. The Labute approximate surface area is 84.5 Å². The number of unbranched alkanes of at least 4 members (excludes halogenated alkanes) is 1. The number of hydrogen-bond acceptors (Lipinski definition) is 2. The summed E-state index contributed by atoms with van der Waals surface area (Å²) in [5.41, 5.74) is 0. The molecular weight excluding hydrogens is 182 g/mol. The third-order valence-corrected chi connectivity index (χ3v) is 2.81. The van der Waals surface area contributed by atoms with Gasteiger partial charge in [0.05, 0.1) is 0 Å². The highest BCUT2D eigenvalue weighted by atomic mass is 16.4. The zero-order valence-corrected chi connectivity index (χ0v) is 8.48. The second-order valence-corrected chi connectivity index (χ2v) is 3.96. The molecule has 0 radical (unpaired) electrons. The molecule has 14 heavy (non-hydrogen) atoms. The Morgan fingerprint density at radius 1 is 1.43 bits per heavy atom. The van der Waals surface area contributed by atoms with E-state index in [9.17, 15) is 4.79 Å². The van der Waals surface area contributed by atoms with Crippen LogP contribution in [-0.4, -0.2) is 40.9 Å². The molecule has 1 aliphatic heterocycles. The second-order valence-electron chi connectivity index (χ2n) is 3.96. The molecule has 0 unspecified atom stereocenters. The van der Waals surface area contributed by atoms with Crippen LogP contribution in [0.3, 0.4) is 0 Å². The number of hydrogen-bond donors (Lipinski definition) is 2. The molecule has 0 aromatic carbocycles. The molecule has 1 rings (SSSR count). The van der Waals surface area contributed by atoms with Crippen LogP contribution in [0.2, 0.25) is 0 Å². The maximum Gasteiger partial charge on any atom is 0.407 e. The van der Waals surface area contributed by atoms with Crippen molar-refractivity contribution in [2.75, 3.05) is 19.7 Å². The Balaban J connectivity index is 2.22. The molecule has 82 valence electrons. The number of aliphatic hydroxyl groups excluding tert-OH is 1. The second kappa shape index (κ2) is 5.86. The number of rotatable bonds is 4. The monoisotopic (exact) mass is 201 g/mol. The van der Waals surface area contributed by atoms with E-state index in [0.717, 1.165) is 32.1 Å². The van der Waals surface area contributed by atoms with E-state index in [2.05, 4.69) is 0 Å². The molecule has 0 aromatic heterocycles. The van der Waals surface area contributed by atoms with Crippen LogP contribution < -0.4 is 0 Å². The molecule has 1 heterocycles. The van der Waals surface area contributed by atoms with Gasteiger partial charge in [-0.2, -0.15) is 0 Å². The van der Waals surface area contributed by atoms with Gasteiger partial charge < -0.3 is 15.1 Å². The minimum atomic E-state index is -0.795. The zero-order valence-electron chi connectivity index (χ0n) is 8.48. The first-order valence-electron chi connectivity index (χ1n) is 5.32. The lowest BCUT2D eigenvalue weighted by Crippen LogP contribution is -2.38. The van der Waals surface area contributed by atoms with E-state index in [-0.39, 0.29) is 6.61 Å². The molecule has 1 aliphatic rings. The van der Waals surface area contributed by atoms with Gasteiger partial charge in [0.15, 0.2) is 0 Å². The average molecular weight is 201 g/mol. The largest absolute Gasteiger partial charge is 0.465 e. The number of aliphatic hydroxyl groups is 1. The van der Waals surface area contributed by atoms with Crippen LogP contribution in [0.25, 0.3) is 0 Å². The van der Waals surface area contributed by atoms with Gasteiger partial charge in [-0.1, -0.05) is 6.42 Å². The van der Waals surface area contributed by atoms with E-state index < -0.39 is 6.09 Å². The van der Waals surface area contributed by atoms with Gasteiger partial charge in [-0.15, -0.1) is 0 Å². The summed E-state index contributed by atoms with van der Waals surface area (Å²) in [4.78, 5) is 12.2. The van der Waals surface area contributed by atoms with Gasteiger partial charge >= 0.3 is 6.09 Å². The summed E-state index contributed by atoms with van der Waals surface area (Å²) >= 11 is 0. The molecule has 4 nitrogen and oxygen atoms in total. The molecular formula is C10H19NO3. The van der Waals surface area contributed by atoms with Crippen molar-refractivity contribution in [3.63, 3.8) is 0 Å². The molecule has 0 saturated carbocycles. The Morgan fingerprint density at radius 3 is 2.86 bits per heavy atom. The van der Waals surface area contributed by atoms with Crippen molar-refractivity contribution in [3.8, 4) is 0 Å². The number of amides is 1. The van der Waals surface area contributed by atoms with Gasteiger partial charge in [0.25, 0.3) is 0 Å². The van der Waals surface area contributed by atoms with Crippen LogP contribution in [0.4, 0.5) is 4.79 Å². The standard InChI is InChI=1S/C10H19NO3/c12-7-2-1-4-9-5-3-6-11(8-9)10(13)14/h9,12H,1-8H2,(H,13,14)/t9-/m1/s1. The fourth-order valence-corrected chi connectivity index (χ4v) is 2.02. The normalized spacial score (nSPS) is 22.4. The van der Waals surface area contributed by atoms with Gasteiger partial charge in [0.2, 0.25) is 0 Å². The smallest absolute Gasteiger partial charge is 0.407 e. The van der Waals surface area contributed by atoms with Gasteiger partial charge in [0.1, 0.15) is 0 Å². The molecule has 2 N–H and O–H groups in total. The summed E-state index contributed by atoms with van der Waals surface area (Å²) in [5, 5.41) is 17.4. The summed E-state index contributed by atoms with van der Waals surface area (Å²) < 4.78 is 0. The minimum absolute atomic E-state index is 0.245. The van der Waals surface area contributed by atoms with Crippen molar-refractivity contribution in [1.29, 1.82) is 0 Å². The van der Waals surface area contributed by atoms with E-state index in [1.807, 2.05) is 0 Å². The van der Waals surface area contributed by atoms with E-state index >= 15 is 0 Å². The molecule has 4 heteroatoms. The fraction of sp³-hybridized carbons (Fsp3) is 0.900. The van der Waals surface area contributed by atoms with Gasteiger partial charge in [-0.3, -0.25) is 0 Å². The van der Waals surface area contributed by atoms with Gasteiger partial charge in [0, 0.05) is 19.7 Å². The summed E-state index contributed by atoms with van der Waals surface area (Å²) in [6.07, 6.45) is 4.21. The Morgan fingerprint density at radius 2 is 2.21 bits per heavy atom. The minimum Gasteiger partial charge on any atom is -0.465 e. The van der Waals surface area contributed by atoms with Crippen LogP contribution in [0.15, 0.2) is 0 Å².